The van der Waals surface area contributed by atoms with Crippen molar-refractivity contribution in [1.29, 1.82) is 0 Å². The van der Waals surface area contributed by atoms with Crippen LogP contribution in [0.3, 0.4) is 0 Å². The minimum atomic E-state index is -0.502. The normalized spacial score (nSPS) is 18.6. The highest BCUT2D eigenvalue weighted by Gasteiger charge is 2.29. The van der Waals surface area contributed by atoms with Crippen LogP contribution in [0.4, 0.5) is 5.82 Å². The van der Waals surface area contributed by atoms with Gasteiger partial charge >= 0.3 is 0 Å². The van der Waals surface area contributed by atoms with Gasteiger partial charge in [0.1, 0.15) is 11.9 Å². The molecule has 0 aromatic carbocycles. The fourth-order valence-corrected chi connectivity index (χ4v) is 2.23. The molecule has 1 aliphatic rings. The predicted octanol–water partition coefficient (Wildman–Crippen LogP) is -0.905. The first kappa shape index (κ1) is 14.3. The zero-order valence-electron chi connectivity index (χ0n) is 11.4. The van der Waals surface area contributed by atoms with Crippen LogP contribution in [-0.2, 0) is 4.79 Å². The Bertz CT molecular complexity index is 505. The largest absolute Gasteiger partial charge is 0.366 e. The Morgan fingerprint density at radius 1 is 1.60 bits per heavy atom. The third kappa shape index (κ3) is 3.05. The molecule has 1 saturated heterocycles. The predicted molar refractivity (Wildman–Crippen MR) is 75.4 cm³/mol. The van der Waals surface area contributed by atoms with E-state index in [1.54, 1.807) is 12.1 Å². The molecule has 2 heterocycles. The van der Waals surface area contributed by atoms with E-state index in [4.69, 9.17) is 5.73 Å². The van der Waals surface area contributed by atoms with Gasteiger partial charge in [0.25, 0.3) is 0 Å². The summed E-state index contributed by atoms with van der Waals surface area (Å²) in [6, 6.07) is 2.86. The summed E-state index contributed by atoms with van der Waals surface area (Å²) in [5.41, 5.74) is 5.67. The zero-order valence-corrected chi connectivity index (χ0v) is 11.4. The lowest BCUT2D eigenvalue weighted by molar-refractivity contribution is -0.122. The molecular formula is C13H19N5O2. The Balaban J connectivity index is 2.25. The molecule has 20 heavy (non-hydrogen) atoms. The van der Waals surface area contributed by atoms with Crippen molar-refractivity contribution >= 4 is 17.6 Å². The molecule has 7 heteroatoms. The van der Waals surface area contributed by atoms with Crippen molar-refractivity contribution in [2.45, 2.75) is 13.0 Å². The molecule has 0 aliphatic carbocycles. The molecule has 1 aliphatic heterocycles. The van der Waals surface area contributed by atoms with Gasteiger partial charge in [-0.3, -0.25) is 9.59 Å². The molecule has 1 aromatic rings. The highest BCUT2D eigenvalue weighted by atomic mass is 16.2. The van der Waals surface area contributed by atoms with Crippen LogP contribution in [0.25, 0.3) is 0 Å². The third-order valence-electron chi connectivity index (χ3n) is 3.22. The first-order valence-electron chi connectivity index (χ1n) is 6.64. The standard InChI is InChI=1S/C13H19N5O2/c1-2-16-13(20)10-8-15-5-6-18(10)11-7-9(12(14)19)3-4-17-11/h3-4,7,10,15H,2,5-6,8H2,1H3,(H2,14,19)(H,16,20). The number of aromatic nitrogens is 1. The molecule has 1 aromatic heterocycles. The average molecular weight is 277 g/mol. The van der Waals surface area contributed by atoms with Crippen molar-refractivity contribution in [3.63, 3.8) is 0 Å². The van der Waals surface area contributed by atoms with E-state index in [0.717, 1.165) is 6.54 Å². The summed E-state index contributed by atoms with van der Waals surface area (Å²) < 4.78 is 0. The summed E-state index contributed by atoms with van der Waals surface area (Å²) >= 11 is 0. The van der Waals surface area contributed by atoms with Crippen molar-refractivity contribution in [3.8, 4) is 0 Å². The molecule has 1 unspecified atom stereocenters. The van der Waals surface area contributed by atoms with Gasteiger partial charge in [-0.2, -0.15) is 0 Å². The lowest BCUT2D eigenvalue weighted by atomic mass is 10.1. The van der Waals surface area contributed by atoms with Crippen LogP contribution in [0, 0.1) is 0 Å². The Morgan fingerprint density at radius 2 is 2.40 bits per heavy atom. The Morgan fingerprint density at radius 3 is 3.10 bits per heavy atom. The number of nitrogens with two attached hydrogens (primary N) is 1. The average Bonchev–Trinajstić information content (AvgIpc) is 2.47. The van der Waals surface area contributed by atoms with E-state index in [9.17, 15) is 9.59 Å². The van der Waals surface area contributed by atoms with Gasteiger partial charge < -0.3 is 21.3 Å². The Hall–Kier alpha value is -2.15. The molecule has 108 valence electrons. The highest BCUT2D eigenvalue weighted by Crippen LogP contribution is 2.17. The van der Waals surface area contributed by atoms with E-state index in [1.807, 2.05) is 11.8 Å². The van der Waals surface area contributed by atoms with E-state index < -0.39 is 5.91 Å². The Kier molecular flexibility index (Phi) is 4.52. The van der Waals surface area contributed by atoms with Crippen LogP contribution in [0.15, 0.2) is 18.3 Å². The van der Waals surface area contributed by atoms with Crippen LogP contribution in [0.2, 0.25) is 0 Å². The van der Waals surface area contributed by atoms with Crippen molar-refractivity contribution in [2.75, 3.05) is 31.1 Å². The summed E-state index contributed by atoms with van der Waals surface area (Å²) in [6.07, 6.45) is 1.53. The second kappa shape index (κ2) is 6.33. The Labute approximate surface area is 117 Å². The lowest BCUT2D eigenvalue weighted by Crippen LogP contribution is -2.58. The number of primary amides is 1. The maximum Gasteiger partial charge on any atom is 0.248 e. The molecule has 0 radical (unpaired) electrons. The molecule has 7 nitrogen and oxygen atoms in total. The van der Waals surface area contributed by atoms with Crippen LogP contribution >= 0.6 is 0 Å². The summed E-state index contributed by atoms with van der Waals surface area (Å²) in [5.74, 6) is 0.0448. The van der Waals surface area contributed by atoms with E-state index >= 15 is 0 Å². The van der Waals surface area contributed by atoms with Crippen LogP contribution in [-0.4, -0.2) is 49.0 Å². The summed E-state index contributed by atoms with van der Waals surface area (Å²) in [7, 11) is 0. The molecule has 1 fully saturated rings. The number of hydrogen-bond donors (Lipinski definition) is 3. The number of nitrogens with one attached hydrogen (secondary N) is 2. The van der Waals surface area contributed by atoms with Crippen molar-refractivity contribution in [2.24, 2.45) is 5.73 Å². The molecule has 0 saturated carbocycles. The van der Waals surface area contributed by atoms with Gasteiger partial charge in [0.15, 0.2) is 0 Å². The van der Waals surface area contributed by atoms with E-state index in [1.165, 1.54) is 6.20 Å². The topological polar surface area (TPSA) is 100 Å². The number of carbonyl (C=O) groups is 2. The van der Waals surface area contributed by atoms with Gasteiger partial charge in [0.05, 0.1) is 0 Å². The minimum Gasteiger partial charge on any atom is -0.366 e. The quantitative estimate of drug-likeness (QED) is 0.662. The van der Waals surface area contributed by atoms with Gasteiger partial charge in [-0.25, -0.2) is 4.98 Å². The summed E-state index contributed by atoms with van der Waals surface area (Å²) in [5, 5.41) is 6.00. The molecule has 2 rings (SSSR count). The maximum absolute atomic E-state index is 12.1. The van der Waals surface area contributed by atoms with Crippen LogP contribution in [0.1, 0.15) is 17.3 Å². The smallest absolute Gasteiger partial charge is 0.248 e. The zero-order chi connectivity index (χ0) is 14.5. The van der Waals surface area contributed by atoms with Gasteiger partial charge in [-0.1, -0.05) is 0 Å². The number of piperazine rings is 1. The second-order valence-corrected chi connectivity index (χ2v) is 4.57. The number of anilines is 1. The number of hydrogen-bond acceptors (Lipinski definition) is 5. The first-order chi connectivity index (χ1) is 9.63. The van der Waals surface area contributed by atoms with E-state index in [0.29, 0.717) is 31.0 Å². The molecule has 2 amide bonds. The fourth-order valence-electron chi connectivity index (χ4n) is 2.23. The number of rotatable bonds is 4. The number of nitrogens with zero attached hydrogens (tertiary/aromatic N) is 2. The van der Waals surface area contributed by atoms with E-state index in [-0.39, 0.29) is 11.9 Å². The van der Waals surface area contributed by atoms with Gasteiger partial charge in [-0.15, -0.1) is 0 Å². The minimum absolute atomic E-state index is 0.0500. The van der Waals surface area contributed by atoms with E-state index in [2.05, 4.69) is 15.6 Å². The monoisotopic (exact) mass is 277 g/mol. The molecule has 1 atom stereocenters. The van der Waals surface area contributed by atoms with Crippen molar-refractivity contribution in [3.05, 3.63) is 23.9 Å². The van der Waals surface area contributed by atoms with Gasteiger partial charge in [0.2, 0.25) is 11.8 Å². The van der Waals surface area contributed by atoms with Gasteiger partial charge in [-0.05, 0) is 19.1 Å². The van der Waals surface area contributed by atoms with Gasteiger partial charge in [0, 0.05) is 37.9 Å². The second-order valence-electron chi connectivity index (χ2n) is 4.57. The number of carbonyl (C=O) groups excluding carboxylic acids is 2. The van der Waals surface area contributed by atoms with Crippen molar-refractivity contribution in [1.82, 2.24) is 15.6 Å². The SMILES string of the molecule is CCNC(=O)C1CNCCN1c1cc(C(N)=O)ccn1. The third-order valence-corrected chi connectivity index (χ3v) is 3.22. The number of likely N-dealkylation sites (N-methyl/N-ethyl adjacent to an activating group) is 1. The lowest BCUT2D eigenvalue weighted by Gasteiger charge is -2.36. The molecule has 0 bridgehead atoms. The van der Waals surface area contributed by atoms with Crippen molar-refractivity contribution < 1.29 is 9.59 Å². The van der Waals surface area contributed by atoms with Crippen LogP contribution in [0.5, 0.6) is 0 Å². The molecular weight excluding hydrogens is 258 g/mol. The summed E-state index contributed by atoms with van der Waals surface area (Å²) in [6.45, 7) is 4.42. The highest BCUT2D eigenvalue weighted by molar-refractivity contribution is 5.93. The molecule has 0 spiro atoms. The first-order valence-corrected chi connectivity index (χ1v) is 6.64. The number of amides is 2. The maximum atomic E-state index is 12.1. The summed E-state index contributed by atoms with van der Waals surface area (Å²) in [4.78, 5) is 29.5. The fraction of sp³-hybridized carbons (Fsp3) is 0.462. The molecule has 4 N–H and O–H groups in total. The van der Waals surface area contributed by atoms with Crippen LogP contribution < -0.4 is 21.3 Å². The number of pyridine rings is 1.